The Labute approximate surface area is 153 Å². The molecule has 0 saturated heterocycles. The largest absolute Gasteiger partial charge is 0.353 e. The topological polar surface area (TPSA) is 54.9 Å². The Bertz CT molecular complexity index is 794. The van der Waals surface area contributed by atoms with E-state index in [1.807, 2.05) is 31.2 Å². The molecule has 4 rings (SSSR count). The highest BCUT2D eigenvalue weighted by atomic mass is 32.2. The van der Waals surface area contributed by atoms with Gasteiger partial charge >= 0.3 is 0 Å². The SMILES string of the molecule is Cc1nc(SCC(=O)N[C@H](C)[C@H]2C[C@H]3CC[C@H]2C3)c2ccccc2n1. The van der Waals surface area contributed by atoms with Crippen LogP contribution in [0.1, 0.15) is 38.4 Å². The standard InChI is InChI=1S/C20H25N3OS/c1-12(17-10-14-7-8-15(17)9-14)21-19(24)11-25-20-16-5-3-4-6-18(16)22-13(2)23-20/h3-6,12,14-15,17H,7-11H2,1-2H3,(H,21,24)/t12-,14+,15+,17-/m1/s1. The molecule has 0 spiro atoms. The van der Waals surface area contributed by atoms with E-state index >= 15 is 0 Å². The van der Waals surface area contributed by atoms with E-state index < -0.39 is 0 Å². The molecule has 1 aromatic heterocycles. The van der Waals surface area contributed by atoms with Crippen LogP contribution in [0.4, 0.5) is 0 Å². The summed E-state index contributed by atoms with van der Waals surface area (Å²) in [5.41, 5.74) is 0.938. The molecule has 132 valence electrons. The van der Waals surface area contributed by atoms with E-state index in [0.717, 1.165) is 33.6 Å². The van der Waals surface area contributed by atoms with E-state index in [-0.39, 0.29) is 11.9 Å². The third kappa shape index (κ3) is 3.52. The Hall–Kier alpha value is -1.62. The maximum Gasteiger partial charge on any atom is 0.230 e. The average Bonchev–Trinajstić information content (AvgIpc) is 3.22. The number of nitrogens with one attached hydrogen (secondary N) is 1. The van der Waals surface area contributed by atoms with Crippen LogP contribution in [0.25, 0.3) is 10.9 Å². The van der Waals surface area contributed by atoms with Crippen LogP contribution in [-0.2, 0) is 4.79 Å². The van der Waals surface area contributed by atoms with Gasteiger partial charge in [-0.1, -0.05) is 36.4 Å². The van der Waals surface area contributed by atoms with Gasteiger partial charge in [0, 0.05) is 11.4 Å². The van der Waals surface area contributed by atoms with E-state index in [0.29, 0.717) is 11.7 Å². The van der Waals surface area contributed by atoms with Gasteiger partial charge in [-0.3, -0.25) is 4.79 Å². The van der Waals surface area contributed by atoms with Gasteiger partial charge in [-0.15, -0.1) is 0 Å². The molecule has 2 fully saturated rings. The molecule has 1 aromatic carbocycles. The third-order valence-electron chi connectivity index (χ3n) is 5.84. The number of fused-ring (bicyclic) bond motifs is 3. The van der Waals surface area contributed by atoms with Gasteiger partial charge in [0.2, 0.25) is 5.91 Å². The highest BCUT2D eigenvalue weighted by Crippen LogP contribution is 2.49. The number of carbonyl (C=O) groups is 1. The molecule has 1 heterocycles. The van der Waals surface area contributed by atoms with Crippen LogP contribution < -0.4 is 5.32 Å². The molecular formula is C20H25N3OS. The number of amides is 1. The molecule has 2 saturated carbocycles. The van der Waals surface area contributed by atoms with Gasteiger partial charge < -0.3 is 5.32 Å². The number of aromatic nitrogens is 2. The number of para-hydroxylation sites is 1. The molecule has 1 N–H and O–H groups in total. The van der Waals surface area contributed by atoms with Crippen LogP contribution in [0.15, 0.2) is 29.3 Å². The van der Waals surface area contributed by atoms with E-state index in [4.69, 9.17) is 0 Å². The highest BCUT2D eigenvalue weighted by molar-refractivity contribution is 8.00. The third-order valence-corrected chi connectivity index (χ3v) is 6.83. The monoisotopic (exact) mass is 355 g/mol. The van der Waals surface area contributed by atoms with E-state index in [9.17, 15) is 4.79 Å². The first kappa shape index (κ1) is 16.8. The molecule has 25 heavy (non-hydrogen) atoms. The molecular weight excluding hydrogens is 330 g/mol. The van der Waals surface area contributed by atoms with Crippen molar-refractivity contribution >= 4 is 28.6 Å². The van der Waals surface area contributed by atoms with Gasteiger partial charge in [0.25, 0.3) is 0 Å². The van der Waals surface area contributed by atoms with Crippen LogP contribution in [0.2, 0.25) is 0 Å². The van der Waals surface area contributed by atoms with Crippen molar-refractivity contribution in [3.8, 4) is 0 Å². The Morgan fingerprint density at radius 1 is 1.28 bits per heavy atom. The number of nitrogens with zero attached hydrogens (tertiary/aromatic N) is 2. The van der Waals surface area contributed by atoms with Crippen molar-refractivity contribution in [3.63, 3.8) is 0 Å². The van der Waals surface area contributed by atoms with Crippen LogP contribution in [0, 0.1) is 24.7 Å². The quantitative estimate of drug-likeness (QED) is 0.651. The van der Waals surface area contributed by atoms with Crippen LogP contribution in [0.5, 0.6) is 0 Å². The lowest BCUT2D eigenvalue weighted by Crippen LogP contribution is -2.40. The summed E-state index contributed by atoms with van der Waals surface area (Å²) in [4.78, 5) is 21.4. The summed E-state index contributed by atoms with van der Waals surface area (Å²) in [5.74, 6) is 3.69. The van der Waals surface area contributed by atoms with Crippen LogP contribution in [-0.4, -0.2) is 27.7 Å². The summed E-state index contributed by atoms with van der Waals surface area (Å²) < 4.78 is 0. The summed E-state index contributed by atoms with van der Waals surface area (Å²) in [5, 5.41) is 5.15. The zero-order chi connectivity index (χ0) is 17.4. The summed E-state index contributed by atoms with van der Waals surface area (Å²) >= 11 is 1.51. The fourth-order valence-corrected chi connectivity index (χ4v) is 5.59. The molecule has 4 nitrogen and oxygen atoms in total. The maximum absolute atomic E-state index is 12.4. The van der Waals surface area contributed by atoms with Gasteiger partial charge in [0.1, 0.15) is 10.9 Å². The molecule has 2 aliphatic rings. The van der Waals surface area contributed by atoms with Crippen molar-refractivity contribution < 1.29 is 4.79 Å². The zero-order valence-corrected chi connectivity index (χ0v) is 15.7. The van der Waals surface area contributed by atoms with Crippen LogP contribution in [0.3, 0.4) is 0 Å². The molecule has 4 atom stereocenters. The average molecular weight is 356 g/mol. The van der Waals surface area contributed by atoms with Gasteiger partial charge in [-0.25, -0.2) is 9.97 Å². The maximum atomic E-state index is 12.4. The van der Waals surface area contributed by atoms with Crippen molar-refractivity contribution in [2.75, 3.05) is 5.75 Å². The van der Waals surface area contributed by atoms with Crippen LogP contribution >= 0.6 is 11.8 Å². The number of aryl methyl sites for hydroxylation is 1. The van der Waals surface area contributed by atoms with Gasteiger partial charge in [0.15, 0.2) is 0 Å². The minimum Gasteiger partial charge on any atom is -0.353 e. The lowest BCUT2D eigenvalue weighted by Gasteiger charge is -2.28. The minimum absolute atomic E-state index is 0.112. The lowest BCUT2D eigenvalue weighted by atomic mass is 9.84. The predicted octanol–water partition coefficient (Wildman–Crippen LogP) is 3.97. The van der Waals surface area contributed by atoms with E-state index in [1.54, 1.807) is 0 Å². The second-order valence-electron chi connectivity index (χ2n) is 7.58. The minimum atomic E-state index is 0.112. The number of hydrogen-bond donors (Lipinski definition) is 1. The predicted molar refractivity (Wildman–Crippen MR) is 102 cm³/mol. The summed E-state index contributed by atoms with van der Waals surface area (Å²) in [6, 6.07) is 8.26. The number of thioether (sulfide) groups is 1. The Morgan fingerprint density at radius 2 is 2.12 bits per heavy atom. The Balaban J connectivity index is 1.37. The fourth-order valence-electron chi connectivity index (χ4n) is 4.71. The molecule has 2 bridgehead atoms. The number of hydrogen-bond acceptors (Lipinski definition) is 4. The first-order valence-electron chi connectivity index (χ1n) is 9.25. The van der Waals surface area contributed by atoms with Gasteiger partial charge in [-0.05, 0) is 56.9 Å². The highest BCUT2D eigenvalue weighted by Gasteiger charge is 2.42. The summed E-state index contributed by atoms with van der Waals surface area (Å²) in [6.45, 7) is 4.08. The van der Waals surface area contributed by atoms with Gasteiger partial charge in [-0.2, -0.15) is 0 Å². The molecule has 2 aliphatic carbocycles. The number of benzene rings is 1. The molecule has 2 aromatic rings. The lowest BCUT2D eigenvalue weighted by molar-refractivity contribution is -0.119. The second-order valence-corrected chi connectivity index (χ2v) is 8.54. The molecule has 1 amide bonds. The van der Waals surface area contributed by atoms with Gasteiger partial charge in [0.05, 0.1) is 11.3 Å². The van der Waals surface area contributed by atoms with E-state index in [1.165, 1.54) is 37.4 Å². The Morgan fingerprint density at radius 3 is 2.88 bits per heavy atom. The number of rotatable bonds is 5. The van der Waals surface area contributed by atoms with Crippen molar-refractivity contribution in [1.29, 1.82) is 0 Å². The molecule has 5 heteroatoms. The molecule has 0 unspecified atom stereocenters. The van der Waals surface area contributed by atoms with Crippen molar-refractivity contribution in [3.05, 3.63) is 30.1 Å². The molecule has 0 aliphatic heterocycles. The van der Waals surface area contributed by atoms with Crippen molar-refractivity contribution in [2.45, 2.75) is 50.6 Å². The fraction of sp³-hybridized carbons (Fsp3) is 0.550. The van der Waals surface area contributed by atoms with E-state index in [2.05, 4.69) is 22.2 Å². The smallest absolute Gasteiger partial charge is 0.230 e. The summed E-state index contributed by atoms with van der Waals surface area (Å²) in [6.07, 6.45) is 5.44. The summed E-state index contributed by atoms with van der Waals surface area (Å²) in [7, 11) is 0. The van der Waals surface area contributed by atoms with Crippen molar-refractivity contribution in [2.24, 2.45) is 17.8 Å². The first-order chi connectivity index (χ1) is 12.1. The Kier molecular flexibility index (Phi) is 4.67. The zero-order valence-electron chi connectivity index (χ0n) is 14.9. The normalized spacial score (nSPS) is 26.1. The number of carbonyl (C=O) groups excluding carboxylic acids is 1. The van der Waals surface area contributed by atoms with Crippen molar-refractivity contribution in [1.82, 2.24) is 15.3 Å². The first-order valence-corrected chi connectivity index (χ1v) is 10.2. The second kappa shape index (κ2) is 6.94. The molecule has 0 radical (unpaired) electrons.